The van der Waals surface area contributed by atoms with Gasteiger partial charge >= 0.3 is 5.69 Å². The number of methoxy groups -OCH3 is 1. The maximum absolute atomic E-state index is 12.5. The number of ether oxygens (including phenoxy) is 1. The van der Waals surface area contributed by atoms with E-state index < -0.39 is 0 Å². The fraction of sp³-hybridized carbons (Fsp3) is 0.429. The standard InChI is InChI=1S/C14H17N3O3/c1-20-11-4-2-3-10-12(11)16-14(19)17(13(10)18)8-9-5-6-15-7-9/h2-4,9,15H,5-8H2,1H3,(H,16,19). The first-order chi connectivity index (χ1) is 9.70. The van der Waals surface area contributed by atoms with Crippen LogP contribution in [0.3, 0.4) is 0 Å². The van der Waals surface area contributed by atoms with Gasteiger partial charge in [0, 0.05) is 6.54 Å². The fourth-order valence-corrected chi connectivity index (χ4v) is 2.71. The van der Waals surface area contributed by atoms with E-state index in [9.17, 15) is 9.59 Å². The summed E-state index contributed by atoms with van der Waals surface area (Å²) in [5, 5.41) is 3.72. The molecular weight excluding hydrogens is 258 g/mol. The predicted molar refractivity (Wildman–Crippen MR) is 76.4 cm³/mol. The van der Waals surface area contributed by atoms with E-state index >= 15 is 0 Å². The number of para-hydroxylation sites is 1. The molecule has 0 bridgehead atoms. The molecule has 3 rings (SSSR count). The Morgan fingerprint density at radius 1 is 1.40 bits per heavy atom. The number of benzene rings is 1. The Balaban J connectivity index is 2.14. The fourth-order valence-electron chi connectivity index (χ4n) is 2.71. The molecule has 0 radical (unpaired) electrons. The highest BCUT2D eigenvalue weighted by molar-refractivity contribution is 5.83. The van der Waals surface area contributed by atoms with Gasteiger partial charge in [0.1, 0.15) is 5.75 Å². The highest BCUT2D eigenvalue weighted by atomic mass is 16.5. The largest absolute Gasteiger partial charge is 0.495 e. The van der Waals surface area contributed by atoms with Gasteiger partial charge < -0.3 is 15.0 Å². The number of rotatable bonds is 3. The zero-order valence-electron chi connectivity index (χ0n) is 11.3. The van der Waals surface area contributed by atoms with E-state index in [-0.39, 0.29) is 11.2 Å². The van der Waals surface area contributed by atoms with Gasteiger partial charge in [-0.25, -0.2) is 4.79 Å². The molecule has 0 aliphatic carbocycles. The number of aromatic nitrogens is 2. The minimum Gasteiger partial charge on any atom is -0.495 e. The molecule has 1 saturated heterocycles. The molecule has 0 spiro atoms. The van der Waals surface area contributed by atoms with Crippen LogP contribution in [-0.2, 0) is 6.54 Å². The highest BCUT2D eigenvalue weighted by Gasteiger charge is 2.18. The molecule has 6 heteroatoms. The van der Waals surface area contributed by atoms with E-state index in [1.165, 1.54) is 11.7 Å². The van der Waals surface area contributed by atoms with Crippen LogP contribution in [0.5, 0.6) is 5.75 Å². The van der Waals surface area contributed by atoms with Gasteiger partial charge in [-0.05, 0) is 37.6 Å². The summed E-state index contributed by atoms with van der Waals surface area (Å²) in [6, 6.07) is 5.19. The second-order valence-electron chi connectivity index (χ2n) is 5.09. The molecule has 1 atom stereocenters. The second kappa shape index (κ2) is 5.13. The summed E-state index contributed by atoms with van der Waals surface area (Å²) >= 11 is 0. The smallest absolute Gasteiger partial charge is 0.328 e. The van der Waals surface area contributed by atoms with Crippen molar-refractivity contribution in [3.63, 3.8) is 0 Å². The summed E-state index contributed by atoms with van der Waals surface area (Å²) in [7, 11) is 1.52. The van der Waals surface area contributed by atoms with Crippen molar-refractivity contribution in [3.05, 3.63) is 39.0 Å². The Morgan fingerprint density at radius 2 is 2.25 bits per heavy atom. The maximum Gasteiger partial charge on any atom is 0.328 e. The van der Waals surface area contributed by atoms with Gasteiger partial charge in [-0.3, -0.25) is 9.36 Å². The quantitative estimate of drug-likeness (QED) is 0.845. The van der Waals surface area contributed by atoms with Crippen molar-refractivity contribution in [2.45, 2.75) is 13.0 Å². The van der Waals surface area contributed by atoms with Crippen LogP contribution in [0.25, 0.3) is 10.9 Å². The van der Waals surface area contributed by atoms with E-state index in [1.807, 2.05) is 0 Å². The number of H-pyrrole nitrogens is 1. The van der Waals surface area contributed by atoms with Crippen LogP contribution in [0.2, 0.25) is 0 Å². The van der Waals surface area contributed by atoms with E-state index in [4.69, 9.17) is 4.74 Å². The van der Waals surface area contributed by atoms with Gasteiger partial charge in [-0.2, -0.15) is 0 Å². The van der Waals surface area contributed by atoms with Crippen molar-refractivity contribution in [2.75, 3.05) is 20.2 Å². The molecule has 1 aromatic carbocycles. The molecule has 20 heavy (non-hydrogen) atoms. The topological polar surface area (TPSA) is 76.1 Å². The van der Waals surface area contributed by atoms with Crippen LogP contribution in [0.15, 0.2) is 27.8 Å². The van der Waals surface area contributed by atoms with Crippen molar-refractivity contribution in [3.8, 4) is 5.75 Å². The Morgan fingerprint density at radius 3 is 2.95 bits per heavy atom. The molecule has 1 fully saturated rings. The average Bonchev–Trinajstić information content (AvgIpc) is 2.96. The molecule has 1 unspecified atom stereocenters. The first kappa shape index (κ1) is 12.9. The SMILES string of the molecule is COc1cccc2c(=O)n(CC3CCNC3)c(=O)[nH]c12. The third-order valence-electron chi connectivity index (χ3n) is 3.80. The Hall–Kier alpha value is -2.08. The molecule has 0 saturated carbocycles. The third-order valence-corrected chi connectivity index (χ3v) is 3.80. The minimum absolute atomic E-state index is 0.255. The van der Waals surface area contributed by atoms with Crippen molar-refractivity contribution in [1.82, 2.24) is 14.9 Å². The first-order valence-electron chi connectivity index (χ1n) is 6.71. The summed E-state index contributed by atoms with van der Waals surface area (Å²) in [5.74, 6) is 0.836. The van der Waals surface area contributed by atoms with Crippen molar-refractivity contribution >= 4 is 10.9 Å². The lowest BCUT2D eigenvalue weighted by Gasteiger charge is -2.12. The average molecular weight is 275 g/mol. The Kier molecular flexibility index (Phi) is 3.31. The van der Waals surface area contributed by atoms with Crippen LogP contribution < -0.4 is 21.3 Å². The molecule has 2 aromatic rings. The first-order valence-corrected chi connectivity index (χ1v) is 6.71. The van der Waals surface area contributed by atoms with Gasteiger partial charge in [0.2, 0.25) is 0 Å². The third kappa shape index (κ3) is 2.12. The number of nitrogens with zero attached hydrogens (tertiary/aromatic N) is 1. The van der Waals surface area contributed by atoms with E-state index in [1.54, 1.807) is 18.2 Å². The molecule has 0 amide bonds. The summed E-state index contributed by atoms with van der Waals surface area (Å²) in [4.78, 5) is 27.4. The van der Waals surface area contributed by atoms with Gasteiger partial charge in [0.15, 0.2) is 0 Å². The molecule has 106 valence electrons. The van der Waals surface area contributed by atoms with Crippen LogP contribution in [0.4, 0.5) is 0 Å². The van der Waals surface area contributed by atoms with Crippen LogP contribution in [0, 0.1) is 5.92 Å². The van der Waals surface area contributed by atoms with E-state index in [2.05, 4.69) is 10.3 Å². The normalized spacial score (nSPS) is 18.6. The summed E-state index contributed by atoms with van der Waals surface area (Å²) in [6.45, 7) is 2.25. The molecule has 1 aliphatic heterocycles. The zero-order chi connectivity index (χ0) is 14.1. The molecule has 6 nitrogen and oxygen atoms in total. The number of fused-ring (bicyclic) bond motifs is 1. The van der Waals surface area contributed by atoms with E-state index in [0.717, 1.165) is 19.5 Å². The Labute approximate surface area is 115 Å². The van der Waals surface area contributed by atoms with E-state index in [0.29, 0.717) is 29.1 Å². The molecule has 2 N–H and O–H groups in total. The number of aromatic amines is 1. The predicted octanol–water partition coefficient (Wildman–Crippen LogP) is 0.308. The van der Waals surface area contributed by atoms with Gasteiger partial charge in [0.25, 0.3) is 5.56 Å². The molecule has 2 heterocycles. The lowest BCUT2D eigenvalue weighted by atomic mass is 10.1. The van der Waals surface area contributed by atoms with Crippen LogP contribution in [0.1, 0.15) is 6.42 Å². The summed E-state index contributed by atoms with van der Waals surface area (Å²) in [5.41, 5.74) is -0.167. The van der Waals surface area contributed by atoms with Crippen LogP contribution >= 0.6 is 0 Å². The second-order valence-corrected chi connectivity index (χ2v) is 5.09. The van der Waals surface area contributed by atoms with Gasteiger partial charge in [0.05, 0.1) is 18.0 Å². The monoisotopic (exact) mass is 275 g/mol. The van der Waals surface area contributed by atoms with Gasteiger partial charge in [-0.15, -0.1) is 0 Å². The zero-order valence-corrected chi connectivity index (χ0v) is 11.3. The number of hydrogen-bond acceptors (Lipinski definition) is 4. The van der Waals surface area contributed by atoms with Crippen molar-refractivity contribution in [1.29, 1.82) is 0 Å². The molecule has 1 aromatic heterocycles. The highest BCUT2D eigenvalue weighted by Crippen LogP contribution is 2.19. The lowest BCUT2D eigenvalue weighted by molar-refractivity contribution is 0.417. The van der Waals surface area contributed by atoms with Crippen molar-refractivity contribution < 1.29 is 4.74 Å². The number of nitrogens with one attached hydrogen (secondary N) is 2. The maximum atomic E-state index is 12.5. The molecular formula is C14H17N3O3. The number of hydrogen-bond donors (Lipinski definition) is 2. The molecule has 1 aliphatic rings. The van der Waals surface area contributed by atoms with Crippen LogP contribution in [-0.4, -0.2) is 29.8 Å². The lowest BCUT2D eigenvalue weighted by Crippen LogP contribution is -2.37. The Bertz CT molecular complexity index is 741. The summed E-state index contributed by atoms with van der Waals surface area (Å²) < 4.78 is 6.47. The summed E-state index contributed by atoms with van der Waals surface area (Å²) in [6.07, 6.45) is 0.988. The minimum atomic E-state index is -0.376. The van der Waals surface area contributed by atoms with Gasteiger partial charge in [-0.1, -0.05) is 6.07 Å². The van der Waals surface area contributed by atoms with Crippen molar-refractivity contribution in [2.24, 2.45) is 5.92 Å².